The Kier molecular flexibility index (Phi) is 3.37. The summed E-state index contributed by atoms with van der Waals surface area (Å²) in [6, 6.07) is 5.82. The van der Waals surface area contributed by atoms with Crippen LogP contribution in [0.1, 0.15) is 16.8 Å². The maximum Gasteiger partial charge on any atom is 0.162 e. The number of thioether (sulfide) groups is 1. The first-order valence-corrected chi connectivity index (χ1v) is 7.64. The summed E-state index contributed by atoms with van der Waals surface area (Å²) in [5, 5.41) is 3.92. The van der Waals surface area contributed by atoms with Gasteiger partial charge < -0.3 is 5.32 Å². The van der Waals surface area contributed by atoms with E-state index in [1.54, 1.807) is 0 Å². The fourth-order valence-electron chi connectivity index (χ4n) is 2.26. The van der Waals surface area contributed by atoms with Gasteiger partial charge >= 0.3 is 0 Å². The molecule has 1 aromatic heterocycles. The first kappa shape index (κ1) is 12.8. The molecule has 2 aromatic rings. The van der Waals surface area contributed by atoms with Crippen LogP contribution in [0, 0.1) is 6.92 Å². The average Bonchev–Trinajstić information content (AvgIpc) is 2.85. The van der Waals surface area contributed by atoms with Crippen LogP contribution in [0.5, 0.6) is 0 Å². The number of halogens is 1. The third kappa shape index (κ3) is 2.30. The standard InChI is InChI=1S/C14H14ClN3S/c1-8-5-9(15)3-4-10(8)14-17-12-7-19-6-11(12)13(16-2)18-14/h3-5H,6-7H2,1-2H3,(H,16,17,18). The van der Waals surface area contributed by atoms with Gasteiger partial charge in [0.15, 0.2) is 5.82 Å². The monoisotopic (exact) mass is 291 g/mol. The molecule has 1 aliphatic heterocycles. The Morgan fingerprint density at radius 2 is 2.11 bits per heavy atom. The summed E-state index contributed by atoms with van der Waals surface area (Å²) in [5.74, 6) is 3.68. The second-order valence-electron chi connectivity index (χ2n) is 4.52. The van der Waals surface area contributed by atoms with Gasteiger partial charge in [0.05, 0.1) is 5.69 Å². The zero-order chi connectivity index (χ0) is 13.4. The van der Waals surface area contributed by atoms with Crippen molar-refractivity contribution < 1.29 is 0 Å². The van der Waals surface area contributed by atoms with Gasteiger partial charge in [-0.2, -0.15) is 11.8 Å². The molecule has 3 rings (SSSR count). The highest BCUT2D eigenvalue weighted by atomic mass is 35.5. The van der Waals surface area contributed by atoms with Crippen LogP contribution in [0.25, 0.3) is 11.4 Å². The lowest BCUT2D eigenvalue weighted by Crippen LogP contribution is -2.04. The molecule has 0 bridgehead atoms. The number of aryl methyl sites for hydroxylation is 1. The van der Waals surface area contributed by atoms with Gasteiger partial charge in [0.25, 0.3) is 0 Å². The number of benzene rings is 1. The van der Waals surface area contributed by atoms with Crippen molar-refractivity contribution in [1.82, 2.24) is 9.97 Å². The number of hydrogen-bond donors (Lipinski definition) is 1. The fraction of sp³-hybridized carbons (Fsp3) is 0.286. The number of nitrogens with one attached hydrogen (secondary N) is 1. The van der Waals surface area contributed by atoms with Crippen molar-refractivity contribution in [2.75, 3.05) is 12.4 Å². The largest absolute Gasteiger partial charge is 0.373 e. The predicted molar refractivity (Wildman–Crippen MR) is 81.8 cm³/mol. The molecule has 0 saturated carbocycles. The van der Waals surface area contributed by atoms with Gasteiger partial charge in [0.1, 0.15) is 5.82 Å². The van der Waals surface area contributed by atoms with Crippen LogP contribution in [0.3, 0.4) is 0 Å². The maximum atomic E-state index is 6.00. The molecule has 3 nitrogen and oxygen atoms in total. The van der Waals surface area contributed by atoms with E-state index in [4.69, 9.17) is 16.6 Å². The number of nitrogens with zero attached hydrogens (tertiary/aromatic N) is 2. The molecule has 2 heterocycles. The van der Waals surface area contributed by atoms with E-state index >= 15 is 0 Å². The molecule has 0 fully saturated rings. The van der Waals surface area contributed by atoms with Crippen LogP contribution in [-0.4, -0.2) is 17.0 Å². The summed E-state index contributed by atoms with van der Waals surface area (Å²) in [6.07, 6.45) is 0. The second-order valence-corrected chi connectivity index (χ2v) is 5.95. The minimum absolute atomic E-state index is 0.742. The van der Waals surface area contributed by atoms with E-state index in [1.165, 1.54) is 5.56 Å². The highest BCUT2D eigenvalue weighted by Crippen LogP contribution is 2.35. The van der Waals surface area contributed by atoms with Crippen molar-refractivity contribution in [1.29, 1.82) is 0 Å². The third-order valence-corrected chi connectivity index (χ3v) is 4.45. The molecular weight excluding hydrogens is 278 g/mol. The van der Waals surface area contributed by atoms with Gasteiger partial charge in [0, 0.05) is 34.7 Å². The van der Waals surface area contributed by atoms with Crippen molar-refractivity contribution in [3.8, 4) is 11.4 Å². The minimum Gasteiger partial charge on any atom is -0.373 e. The van der Waals surface area contributed by atoms with E-state index in [0.717, 1.165) is 45.0 Å². The molecule has 0 atom stereocenters. The normalized spacial score (nSPS) is 13.4. The lowest BCUT2D eigenvalue weighted by molar-refractivity contribution is 1.07. The molecule has 19 heavy (non-hydrogen) atoms. The van der Waals surface area contributed by atoms with E-state index in [9.17, 15) is 0 Å². The van der Waals surface area contributed by atoms with E-state index in [2.05, 4.69) is 10.3 Å². The number of hydrogen-bond acceptors (Lipinski definition) is 4. The predicted octanol–water partition coefficient (Wildman–Crippen LogP) is 3.89. The topological polar surface area (TPSA) is 37.8 Å². The molecule has 0 aliphatic carbocycles. The highest BCUT2D eigenvalue weighted by molar-refractivity contribution is 7.98. The Morgan fingerprint density at radius 3 is 2.84 bits per heavy atom. The number of rotatable bonds is 2. The molecule has 0 spiro atoms. The highest BCUT2D eigenvalue weighted by Gasteiger charge is 2.20. The van der Waals surface area contributed by atoms with Crippen LogP contribution in [0.15, 0.2) is 18.2 Å². The Balaban J connectivity index is 2.15. The van der Waals surface area contributed by atoms with Gasteiger partial charge in [-0.3, -0.25) is 0 Å². The third-order valence-electron chi connectivity index (χ3n) is 3.24. The number of anilines is 1. The van der Waals surface area contributed by atoms with Crippen molar-refractivity contribution in [2.24, 2.45) is 0 Å². The Morgan fingerprint density at radius 1 is 1.26 bits per heavy atom. The van der Waals surface area contributed by atoms with Crippen LogP contribution >= 0.6 is 23.4 Å². The molecule has 0 radical (unpaired) electrons. The molecule has 1 aromatic carbocycles. The SMILES string of the molecule is CNc1nc(-c2ccc(Cl)cc2C)nc2c1CSC2. The summed E-state index contributed by atoms with van der Waals surface area (Å²) in [6.45, 7) is 2.03. The minimum atomic E-state index is 0.742. The quantitative estimate of drug-likeness (QED) is 0.911. The molecule has 0 amide bonds. The molecular formula is C14H14ClN3S. The second kappa shape index (κ2) is 5.02. The fourth-order valence-corrected chi connectivity index (χ4v) is 3.52. The first-order chi connectivity index (χ1) is 9.19. The maximum absolute atomic E-state index is 6.00. The van der Waals surface area contributed by atoms with Crippen LogP contribution in [0.2, 0.25) is 5.02 Å². The molecule has 0 saturated heterocycles. The molecule has 98 valence electrons. The van der Waals surface area contributed by atoms with Crippen molar-refractivity contribution in [2.45, 2.75) is 18.4 Å². The van der Waals surface area contributed by atoms with Crippen molar-refractivity contribution in [3.05, 3.63) is 40.0 Å². The van der Waals surface area contributed by atoms with E-state index < -0.39 is 0 Å². The van der Waals surface area contributed by atoms with Crippen molar-refractivity contribution in [3.63, 3.8) is 0 Å². The average molecular weight is 292 g/mol. The van der Waals surface area contributed by atoms with Gasteiger partial charge in [-0.05, 0) is 30.7 Å². The van der Waals surface area contributed by atoms with Crippen LogP contribution in [-0.2, 0) is 11.5 Å². The molecule has 0 unspecified atom stereocenters. The number of fused-ring (bicyclic) bond motifs is 1. The summed E-state index contributed by atoms with van der Waals surface area (Å²) in [5.41, 5.74) is 4.53. The smallest absolute Gasteiger partial charge is 0.162 e. The first-order valence-electron chi connectivity index (χ1n) is 6.11. The van der Waals surface area contributed by atoms with E-state index in [-0.39, 0.29) is 0 Å². The van der Waals surface area contributed by atoms with Crippen molar-refractivity contribution >= 4 is 29.2 Å². The Labute approximate surface area is 121 Å². The van der Waals surface area contributed by atoms with Crippen LogP contribution in [0.4, 0.5) is 5.82 Å². The van der Waals surface area contributed by atoms with Gasteiger partial charge in [-0.15, -0.1) is 0 Å². The molecule has 1 N–H and O–H groups in total. The summed E-state index contributed by atoms with van der Waals surface area (Å²) in [7, 11) is 1.91. The lowest BCUT2D eigenvalue weighted by Gasteiger charge is -2.10. The molecule has 1 aliphatic rings. The Bertz CT molecular complexity index is 643. The van der Waals surface area contributed by atoms with Crippen LogP contribution < -0.4 is 5.32 Å². The number of aromatic nitrogens is 2. The zero-order valence-corrected chi connectivity index (χ0v) is 12.4. The summed E-state index contributed by atoms with van der Waals surface area (Å²) < 4.78 is 0. The van der Waals surface area contributed by atoms with Gasteiger partial charge in [-0.1, -0.05) is 11.6 Å². The zero-order valence-electron chi connectivity index (χ0n) is 10.8. The summed E-state index contributed by atoms with van der Waals surface area (Å²) in [4.78, 5) is 9.35. The van der Waals surface area contributed by atoms with E-state index in [0.29, 0.717) is 0 Å². The van der Waals surface area contributed by atoms with Gasteiger partial charge in [0.2, 0.25) is 0 Å². The lowest BCUT2D eigenvalue weighted by atomic mass is 10.1. The Hall–Kier alpha value is -1.26. The molecule has 5 heteroatoms. The van der Waals surface area contributed by atoms with Gasteiger partial charge in [-0.25, -0.2) is 9.97 Å². The van der Waals surface area contributed by atoms with E-state index in [1.807, 2.05) is 43.9 Å². The summed E-state index contributed by atoms with van der Waals surface area (Å²) >= 11 is 7.88.